The van der Waals surface area contributed by atoms with E-state index < -0.39 is 11.7 Å². The molecule has 110 valence electrons. The molecular weight excluding hydrogens is 244 g/mol. The predicted molar refractivity (Wildman–Crippen MR) is 73.9 cm³/mol. The molecule has 5 heteroatoms. The Kier molecular flexibility index (Phi) is 6.12. The number of likely N-dealkylation sites (tertiary alicyclic amines) is 1. The Morgan fingerprint density at radius 2 is 1.58 bits per heavy atom. The fraction of sp³-hybridized carbons (Fsp3) is 0.857. The number of nitrogens with zero attached hydrogens (tertiary/aromatic N) is 1. The normalized spacial score (nSPS) is 17.3. The van der Waals surface area contributed by atoms with Crippen LogP contribution in [0.1, 0.15) is 52.9 Å². The van der Waals surface area contributed by atoms with Gasteiger partial charge in [0.1, 0.15) is 12.1 Å². The van der Waals surface area contributed by atoms with Gasteiger partial charge in [-0.15, -0.1) is 0 Å². The highest BCUT2D eigenvalue weighted by Crippen LogP contribution is 2.10. The van der Waals surface area contributed by atoms with Crippen molar-refractivity contribution in [3.8, 4) is 0 Å². The van der Waals surface area contributed by atoms with E-state index in [2.05, 4.69) is 5.32 Å². The van der Waals surface area contributed by atoms with Crippen molar-refractivity contribution in [1.29, 1.82) is 0 Å². The second-order valence-electron chi connectivity index (χ2n) is 6.00. The highest BCUT2D eigenvalue weighted by molar-refractivity contribution is 5.82. The van der Waals surface area contributed by atoms with Crippen LogP contribution in [0, 0.1) is 0 Å². The molecule has 2 amide bonds. The zero-order valence-electron chi connectivity index (χ0n) is 12.3. The van der Waals surface area contributed by atoms with E-state index in [1.807, 2.05) is 4.90 Å². The first-order valence-corrected chi connectivity index (χ1v) is 7.13. The number of carbonyl (C=O) groups excluding carboxylic acids is 2. The van der Waals surface area contributed by atoms with Crippen LogP contribution in [0.4, 0.5) is 4.79 Å². The van der Waals surface area contributed by atoms with Crippen molar-refractivity contribution in [2.24, 2.45) is 0 Å². The lowest BCUT2D eigenvalue weighted by Gasteiger charge is -2.25. The second-order valence-corrected chi connectivity index (χ2v) is 6.00. The molecule has 1 saturated heterocycles. The third-order valence-corrected chi connectivity index (χ3v) is 2.99. The summed E-state index contributed by atoms with van der Waals surface area (Å²) in [6, 6.07) is 0. The van der Waals surface area contributed by atoms with Gasteiger partial charge in [0, 0.05) is 13.1 Å². The summed E-state index contributed by atoms with van der Waals surface area (Å²) < 4.78 is 5.10. The smallest absolute Gasteiger partial charge is 0.408 e. The maximum absolute atomic E-state index is 12.0. The number of rotatable bonds is 2. The molecule has 1 aliphatic heterocycles. The van der Waals surface area contributed by atoms with Crippen LogP contribution < -0.4 is 5.32 Å². The summed E-state index contributed by atoms with van der Waals surface area (Å²) in [6.07, 6.45) is 5.20. The van der Waals surface area contributed by atoms with Crippen molar-refractivity contribution >= 4 is 12.0 Å². The third-order valence-electron chi connectivity index (χ3n) is 2.99. The Morgan fingerprint density at radius 1 is 1.05 bits per heavy atom. The van der Waals surface area contributed by atoms with Crippen molar-refractivity contribution in [2.45, 2.75) is 58.5 Å². The van der Waals surface area contributed by atoms with E-state index in [4.69, 9.17) is 4.74 Å². The maximum atomic E-state index is 12.0. The number of amides is 2. The van der Waals surface area contributed by atoms with Crippen LogP contribution in [0.5, 0.6) is 0 Å². The molecule has 0 saturated carbocycles. The Labute approximate surface area is 115 Å². The molecule has 1 heterocycles. The first-order chi connectivity index (χ1) is 8.88. The molecule has 0 aliphatic carbocycles. The van der Waals surface area contributed by atoms with Gasteiger partial charge in [0.05, 0.1) is 0 Å². The monoisotopic (exact) mass is 270 g/mol. The SMILES string of the molecule is CC(C)(C)OC(=O)NCC(=O)N1CCCCCCC1. The highest BCUT2D eigenvalue weighted by atomic mass is 16.6. The molecule has 1 fully saturated rings. The Hall–Kier alpha value is -1.26. The summed E-state index contributed by atoms with van der Waals surface area (Å²) in [6.45, 7) is 7.02. The molecule has 0 aromatic carbocycles. The van der Waals surface area contributed by atoms with Crippen LogP contribution in [0.25, 0.3) is 0 Å². The van der Waals surface area contributed by atoms with Crippen molar-refractivity contribution in [2.75, 3.05) is 19.6 Å². The fourth-order valence-electron chi connectivity index (χ4n) is 2.07. The highest BCUT2D eigenvalue weighted by Gasteiger charge is 2.19. The van der Waals surface area contributed by atoms with E-state index in [9.17, 15) is 9.59 Å². The van der Waals surface area contributed by atoms with E-state index >= 15 is 0 Å². The number of ether oxygens (including phenoxy) is 1. The van der Waals surface area contributed by atoms with Gasteiger partial charge in [0.2, 0.25) is 5.91 Å². The van der Waals surface area contributed by atoms with Gasteiger partial charge in [-0.3, -0.25) is 4.79 Å². The molecule has 0 radical (unpaired) electrons. The van der Waals surface area contributed by atoms with E-state index in [1.165, 1.54) is 19.3 Å². The van der Waals surface area contributed by atoms with Gasteiger partial charge in [-0.2, -0.15) is 0 Å². The Balaban J connectivity index is 2.31. The molecule has 0 aromatic rings. The van der Waals surface area contributed by atoms with Gasteiger partial charge >= 0.3 is 6.09 Å². The molecule has 0 unspecified atom stereocenters. The summed E-state index contributed by atoms with van der Waals surface area (Å²) in [5.74, 6) is -0.0206. The maximum Gasteiger partial charge on any atom is 0.408 e. The van der Waals surface area contributed by atoms with Crippen LogP contribution in [-0.2, 0) is 9.53 Å². The first-order valence-electron chi connectivity index (χ1n) is 7.13. The van der Waals surface area contributed by atoms with Gasteiger partial charge in [-0.1, -0.05) is 19.3 Å². The standard InChI is InChI=1S/C14H26N2O3/c1-14(2,3)19-13(18)15-11-12(17)16-9-7-5-4-6-8-10-16/h4-11H2,1-3H3,(H,15,18). The second kappa shape index (κ2) is 7.36. The lowest BCUT2D eigenvalue weighted by atomic mass is 10.1. The molecule has 5 nitrogen and oxygen atoms in total. The fourth-order valence-corrected chi connectivity index (χ4v) is 2.07. The van der Waals surface area contributed by atoms with Gasteiger partial charge in [-0.05, 0) is 33.6 Å². The van der Waals surface area contributed by atoms with Gasteiger partial charge in [0.25, 0.3) is 0 Å². The van der Waals surface area contributed by atoms with Crippen molar-refractivity contribution < 1.29 is 14.3 Å². The molecular formula is C14H26N2O3. The van der Waals surface area contributed by atoms with Crippen LogP contribution >= 0.6 is 0 Å². The van der Waals surface area contributed by atoms with E-state index in [-0.39, 0.29) is 12.5 Å². The third kappa shape index (κ3) is 7.03. The minimum Gasteiger partial charge on any atom is -0.444 e. The van der Waals surface area contributed by atoms with Crippen LogP contribution in [0.2, 0.25) is 0 Å². The molecule has 19 heavy (non-hydrogen) atoms. The summed E-state index contributed by atoms with van der Waals surface area (Å²) in [5, 5.41) is 2.52. The average Bonchev–Trinajstić information content (AvgIpc) is 2.23. The molecule has 1 rings (SSSR count). The Morgan fingerprint density at radius 3 is 2.11 bits per heavy atom. The zero-order valence-corrected chi connectivity index (χ0v) is 12.3. The van der Waals surface area contributed by atoms with E-state index in [0.717, 1.165) is 25.9 Å². The van der Waals surface area contributed by atoms with Gasteiger partial charge in [-0.25, -0.2) is 4.79 Å². The summed E-state index contributed by atoms with van der Waals surface area (Å²) in [5.41, 5.74) is -0.534. The predicted octanol–water partition coefficient (Wildman–Crippen LogP) is 2.30. The molecule has 0 spiro atoms. The van der Waals surface area contributed by atoms with Crippen molar-refractivity contribution in [3.63, 3.8) is 0 Å². The van der Waals surface area contributed by atoms with Crippen LogP contribution in [-0.4, -0.2) is 42.1 Å². The molecule has 0 atom stereocenters. The van der Waals surface area contributed by atoms with Crippen LogP contribution in [0.3, 0.4) is 0 Å². The number of carbonyl (C=O) groups is 2. The molecule has 1 N–H and O–H groups in total. The minimum absolute atomic E-state index is 0.0206. The number of alkyl carbamates (subject to hydrolysis) is 1. The zero-order chi connectivity index (χ0) is 14.3. The van der Waals surface area contributed by atoms with Crippen molar-refractivity contribution in [3.05, 3.63) is 0 Å². The van der Waals surface area contributed by atoms with Crippen molar-refractivity contribution in [1.82, 2.24) is 10.2 Å². The number of hydrogen-bond donors (Lipinski definition) is 1. The average molecular weight is 270 g/mol. The first kappa shape index (κ1) is 15.8. The topological polar surface area (TPSA) is 58.6 Å². The van der Waals surface area contributed by atoms with Crippen LogP contribution in [0.15, 0.2) is 0 Å². The molecule has 1 aliphatic rings. The molecule has 0 bridgehead atoms. The largest absolute Gasteiger partial charge is 0.444 e. The lowest BCUT2D eigenvalue weighted by Crippen LogP contribution is -2.43. The molecule has 0 aromatic heterocycles. The lowest BCUT2D eigenvalue weighted by molar-refractivity contribution is -0.130. The summed E-state index contributed by atoms with van der Waals surface area (Å²) >= 11 is 0. The summed E-state index contributed by atoms with van der Waals surface area (Å²) in [4.78, 5) is 25.3. The van der Waals surface area contributed by atoms with Gasteiger partial charge in [0.15, 0.2) is 0 Å². The van der Waals surface area contributed by atoms with E-state index in [0.29, 0.717) is 0 Å². The minimum atomic E-state index is -0.534. The van der Waals surface area contributed by atoms with E-state index in [1.54, 1.807) is 20.8 Å². The summed E-state index contributed by atoms with van der Waals surface area (Å²) in [7, 11) is 0. The Bertz CT molecular complexity index is 302. The van der Waals surface area contributed by atoms with Gasteiger partial charge < -0.3 is 15.0 Å². The number of nitrogens with one attached hydrogen (secondary N) is 1. The quantitative estimate of drug-likeness (QED) is 0.837. The number of hydrogen-bond acceptors (Lipinski definition) is 3.